The zero-order valence-corrected chi connectivity index (χ0v) is 11.3. The van der Waals surface area contributed by atoms with Crippen LogP contribution in [-0.4, -0.2) is 30.6 Å². The Morgan fingerprint density at radius 2 is 1.80 bits per heavy atom. The van der Waals surface area contributed by atoms with E-state index >= 15 is 0 Å². The maximum absolute atomic E-state index is 11.5. The maximum Gasteiger partial charge on any atom is 0.306 e. The van der Waals surface area contributed by atoms with Gasteiger partial charge in [-0.2, -0.15) is 0 Å². The van der Waals surface area contributed by atoms with E-state index in [0.29, 0.717) is 5.69 Å². The minimum Gasteiger partial charge on any atom is -0.481 e. The number of hydrogen-bond donors (Lipinski definition) is 4. The van der Waals surface area contributed by atoms with E-state index in [4.69, 9.17) is 10.3 Å². The van der Waals surface area contributed by atoms with Gasteiger partial charge in [0, 0.05) is 12.1 Å². The van der Waals surface area contributed by atoms with Gasteiger partial charge in [-0.25, -0.2) is 8.42 Å². The van der Waals surface area contributed by atoms with Gasteiger partial charge in [-0.1, -0.05) is 11.8 Å². The lowest BCUT2D eigenvalue weighted by Crippen LogP contribution is -2.20. The van der Waals surface area contributed by atoms with Gasteiger partial charge < -0.3 is 15.6 Å². The molecular weight excluding hydrogens is 288 g/mol. The second-order valence-corrected chi connectivity index (χ2v) is 5.77. The summed E-state index contributed by atoms with van der Waals surface area (Å²) in [5.41, 5.74) is 0.324. The van der Waals surface area contributed by atoms with Crippen LogP contribution in [0.1, 0.15) is 13.3 Å². The smallest absolute Gasteiger partial charge is 0.306 e. The average Bonchev–Trinajstić information content (AvgIpc) is 2.39. The van der Waals surface area contributed by atoms with Crippen LogP contribution < -0.4 is 10.2 Å². The van der Waals surface area contributed by atoms with Crippen molar-refractivity contribution in [2.75, 3.05) is 5.32 Å². The van der Waals surface area contributed by atoms with Crippen LogP contribution in [0.2, 0.25) is 0 Å². The second kappa shape index (κ2) is 6.46. The SMILES string of the molecule is CC(CC(=O)Nc1ccc(S(=O)(=O)NO)cc1)C(=O)O. The summed E-state index contributed by atoms with van der Waals surface area (Å²) in [6.07, 6.45) is -0.187. The van der Waals surface area contributed by atoms with Crippen molar-refractivity contribution in [1.29, 1.82) is 0 Å². The fourth-order valence-electron chi connectivity index (χ4n) is 1.35. The van der Waals surface area contributed by atoms with E-state index < -0.39 is 27.8 Å². The fourth-order valence-corrected chi connectivity index (χ4v) is 1.95. The first kappa shape index (κ1) is 16.1. The number of carboxylic acid groups (broad SMARTS) is 1. The van der Waals surface area contributed by atoms with Crippen molar-refractivity contribution in [1.82, 2.24) is 4.89 Å². The molecule has 0 fully saturated rings. The normalized spacial score (nSPS) is 12.7. The van der Waals surface area contributed by atoms with Gasteiger partial charge >= 0.3 is 5.97 Å². The molecule has 0 heterocycles. The van der Waals surface area contributed by atoms with E-state index in [-0.39, 0.29) is 11.3 Å². The zero-order valence-electron chi connectivity index (χ0n) is 10.5. The van der Waals surface area contributed by atoms with Gasteiger partial charge in [0.1, 0.15) is 0 Å². The molecule has 1 aromatic rings. The van der Waals surface area contributed by atoms with Crippen LogP contribution in [0.15, 0.2) is 29.2 Å². The predicted octanol–water partition coefficient (Wildman–Crippen LogP) is 0.403. The molecule has 20 heavy (non-hydrogen) atoms. The molecule has 0 saturated carbocycles. The Hall–Kier alpha value is -1.97. The highest BCUT2D eigenvalue weighted by Crippen LogP contribution is 2.14. The molecule has 0 radical (unpaired) electrons. The third-order valence-corrected chi connectivity index (χ3v) is 3.61. The van der Waals surface area contributed by atoms with Crippen LogP contribution in [-0.2, 0) is 19.6 Å². The lowest BCUT2D eigenvalue weighted by atomic mass is 10.1. The number of sulfonamides is 1. The van der Waals surface area contributed by atoms with Gasteiger partial charge in [0.25, 0.3) is 10.0 Å². The van der Waals surface area contributed by atoms with Crippen LogP contribution >= 0.6 is 0 Å². The van der Waals surface area contributed by atoms with E-state index in [0.717, 1.165) is 0 Å². The zero-order chi connectivity index (χ0) is 15.3. The van der Waals surface area contributed by atoms with Gasteiger partial charge in [0.2, 0.25) is 5.91 Å². The molecule has 9 heteroatoms. The summed E-state index contributed by atoms with van der Waals surface area (Å²) in [5, 5.41) is 19.6. The summed E-state index contributed by atoms with van der Waals surface area (Å²) < 4.78 is 22.5. The monoisotopic (exact) mass is 302 g/mol. The van der Waals surface area contributed by atoms with Gasteiger partial charge in [0.05, 0.1) is 10.8 Å². The molecule has 0 aliphatic heterocycles. The summed E-state index contributed by atoms with van der Waals surface area (Å²) in [5.74, 6) is -2.38. The third kappa shape index (κ3) is 4.30. The first-order chi connectivity index (χ1) is 9.26. The number of aliphatic carboxylic acids is 1. The van der Waals surface area contributed by atoms with Crippen molar-refractivity contribution in [3.05, 3.63) is 24.3 Å². The Morgan fingerprint density at radius 3 is 2.25 bits per heavy atom. The molecule has 0 bridgehead atoms. The van der Waals surface area contributed by atoms with Crippen LogP contribution in [0.5, 0.6) is 0 Å². The second-order valence-electron chi connectivity index (χ2n) is 4.11. The van der Waals surface area contributed by atoms with Crippen LogP contribution in [0.3, 0.4) is 0 Å². The standard InChI is InChI=1S/C11H14N2O6S/c1-7(11(15)16)6-10(14)12-8-2-4-9(5-3-8)20(18,19)13-17/h2-5,7,13,17H,6H2,1H3,(H,12,14)(H,15,16). The lowest BCUT2D eigenvalue weighted by molar-refractivity contribution is -0.142. The minimum atomic E-state index is -3.96. The first-order valence-electron chi connectivity index (χ1n) is 5.55. The molecule has 0 aliphatic carbocycles. The maximum atomic E-state index is 11.5. The van der Waals surface area contributed by atoms with Crippen molar-refractivity contribution < 1.29 is 28.3 Å². The number of amides is 1. The van der Waals surface area contributed by atoms with E-state index in [2.05, 4.69) is 5.32 Å². The molecule has 0 spiro atoms. The van der Waals surface area contributed by atoms with Gasteiger partial charge in [0.15, 0.2) is 0 Å². The number of carbonyl (C=O) groups excluding carboxylic acids is 1. The van der Waals surface area contributed by atoms with Gasteiger partial charge in [-0.05, 0) is 24.3 Å². The van der Waals surface area contributed by atoms with Crippen LogP contribution in [0.4, 0.5) is 5.69 Å². The number of hydrogen-bond acceptors (Lipinski definition) is 5. The molecule has 8 nitrogen and oxygen atoms in total. The summed E-state index contributed by atoms with van der Waals surface area (Å²) in [4.78, 5) is 23.1. The molecule has 1 rings (SSSR count). The Labute approximate surface area is 115 Å². The summed E-state index contributed by atoms with van der Waals surface area (Å²) in [6.45, 7) is 1.41. The summed E-state index contributed by atoms with van der Waals surface area (Å²) in [7, 11) is -3.96. The first-order valence-corrected chi connectivity index (χ1v) is 7.03. The Kier molecular flexibility index (Phi) is 5.19. The Bertz CT molecular complexity index is 596. The highest BCUT2D eigenvalue weighted by molar-refractivity contribution is 7.89. The van der Waals surface area contributed by atoms with Gasteiger partial charge in [-0.15, -0.1) is 0 Å². The van der Waals surface area contributed by atoms with E-state index in [1.807, 2.05) is 0 Å². The largest absolute Gasteiger partial charge is 0.481 e. The van der Waals surface area contributed by atoms with Crippen LogP contribution in [0, 0.1) is 5.92 Å². The number of benzene rings is 1. The fraction of sp³-hybridized carbons (Fsp3) is 0.273. The lowest BCUT2D eigenvalue weighted by Gasteiger charge is -2.08. The molecule has 0 aromatic heterocycles. The molecule has 1 unspecified atom stereocenters. The molecule has 0 aliphatic rings. The minimum absolute atomic E-state index is 0.170. The highest BCUT2D eigenvalue weighted by atomic mass is 32.2. The summed E-state index contributed by atoms with van der Waals surface area (Å²) in [6, 6.07) is 5.03. The van der Waals surface area contributed by atoms with Crippen molar-refractivity contribution in [3.63, 3.8) is 0 Å². The Balaban J connectivity index is 2.71. The van der Waals surface area contributed by atoms with Crippen molar-refractivity contribution in [2.45, 2.75) is 18.2 Å². The number of nitrogens with one attached hydrogen (secondary N) is 2. The molecular formula is C11H14N2O6S. The number of rotatable bonds is 6. The highest BCUT2D eigenvalue weighted by Gasteiger charge is 2.16. The van der Waals surface area contributed by atoms with Crippen molar-refractivity contribution in [2.24, 2.45) is 5.92 Å². The summed E-state index contributed by atoms with van der Waals surface area (Å²) >= 11 is 0. The average molecular weight is 302 g/mol. The predicted molar refractivity (Wildman–Crippen MR) is 68.6 cm³/mol. The number of anilines is 1. The topological polar surface area (TPSA) is 133 Å². The van der Waals surface area contributed by atoms with Crippen molar-refractivity contribution in [3.8, 4) is 0 Å². The Morgan fingerprint density at radius 1 is 1.25 bits per heavy atom. The molecule has 110 valence electrons. The third-order valence-electron chi connectivity index (χ3n) is 2.48. The molecule has 1 atom stereocenters. The van der Waals surface area contributed by atoms with E-state index in [1.54, 1.807) is 0 Å². The molecule has 1 aromatic carbocycles. The molecule has 4 N–H and O–H groups in total. The van der Waals surface area contributed by atoms with E-state index in [9.17, 15) is 18.0 Å². The molecule has 1 amide bonds. The van der Waals surface area contributed by atoms with Crippen LogP contribution in [0.25, 0.3) is 0 Å². The van der Waals surface area contributed by atoms with Crippen molar-refractivity contribution >= 4 is 27.6 Å². The van der Waals surface area contributed by atoms with Gasteiger partial charge in [-0.3, -0.25) is 9.59 Å². The number of carboxylic acids is 1. The quantitative estimate of drug-likeness (QED) is 0.562. The van der Waals surface area contributed by atoms with E-state index in [1.165, 1.54) is 36.1 Å². The number of carbonyl (C=O) groups is 2. The molecule has 0 saturated heterocycles.